The molecule has 0 unspecified atom stereocenters. The summed E-state index contributed by atoms with van der Waals surface area (Å²) in [6.45, 7) is 9.18. The zero-order valence-corrected chi connectivity index (χ0v) is 21.0. The molecule has 36 heavy (non-hydrogen) atoms. The average Bonchev–Trinajstić information content (AvgIpc) is 2.86. The van der Waals surface area contributed by atoms with Crippen LogP contribution in [0.2, 0.25) is 0 Å². The number of methoxy groups -OCH3 is 1. The van der Waals surface area contributed by atoms with E-state index in [1.165, 1.54) is 43.5 Å². The topological polar surface area (TPSA) is 102 Å². The van der Waals surface area contributed by atoms with E-state index in [0.717, 1.165) is 0 Å². The highest BCUT2D eigenvalue weighted by molar-refractivity contribution is 7.99. The molecule has 0 spiro atoms. The molecule has 1 amide bonds. The molecular formula is C25H24F2N6O2S. The lowest BCUT2D eigenvalue weighted by atomic mass is 9.99. The lowest BCUT2D eigenvalue weighted by Gasteiger charge is -2.14. The van der Waals surface area contributed by atoms with Crippen molar-refractivity contribution in [1.29, 1.82) is 0 Å². The lowest BCUT2D eigenvalue weighted by molar-refractivity contribution is 0.0961. The summed E-state index contributed by atoms with van der Waals surface area (Å²) in [5.74, 6) is 6.39. The van der Waals surface area contributed by atoms with Crippen molar-refractivity contribution in [1.82, 2.24) is 25.3 Å². The molecular weight excluding hydrogens is 486 g/mol. The number of thioether (sulfide) groups is 1. The van der Waals surface area contributed by atoms with E-state index < -0.39 is 18.0 Å². The number of aromatic nitrogens is 4. The number of amides is 1. The molecule has 3 aromatic rings. The molecule has 0 atom stereocenters. The van der Waals surface area contributed by atoms with Crippen molar-refractivity contribution in [3.63, 3.8) is 0 Å². The summed E-state index contributed by atoms with van der Waals surface area (Å²) >= 11 is 1.20. The predicted octanol–water partition coefficient (Wildman–Crippen LogP) is 5.01. The molecule has 0 aliphatic heterocycles. The van der Waals surface area contributed by atoms with Crippen molar-refractivity contribution in [2.24, 2.45) is 10.9 Å². The van der Waals surface area contributed by atoms with Crippen LogP contribution >= 0.6 is 11.8 Å². The Morgan fingerprint density at radius 1 is 1.19 bits per heavy atom. The monoisotopic (exact) mass is 510 g/mol. The first-order chi connectivity index (χ1) is 17.2. The molecule has 3 rings (SSSR count). The Bertz CT molecular complexity index is 1340. The molecule has 186 valence electrons. The summed E-state index contributed by atoms with van der Waals surface area (Å²) in [5.41, 5.74) is 1.55. The van der Waals surface area contributed by atoms with Crippen LogP contribution in [0.1, 0.15) is 47.7 Å². The number of halogens is 2. The summed E-state index contributed by atoms with van der Waals surface area (Å²) < 4.78 is 31.9. The number of carbonyl (C=O) groups is 1. The van der Waals surface area contributed by atoms with E-state index in [9.17, 15) is 13.6 Å². The van der Waals surface area contributed by atoms with Crippen LogP contribution in [0, 0.1) is 24.7 Å². The molecule has 0 saturated carbocycles. The second kappa shape index (κ2) is 12.2. The Labute approximate surface area is 212 Å². The molecule has 3 aromatic heterocycles. The van der Waals surface area contributed by atoms with Crippen LogP contribution in [0.15, 0.2) is 40.7 Å². The summed E-state index contributed by atoms with van der Waals surface area (Å²) in [4.78, 5) is 33.6. The first-order valence-corrected chi connectivity index (χ1v) is 11.8. The standard InChI is InChI=1S/C25H24F2N6O2S/c1-14(2)6-7-16-10-31-23(28-4)25(33-16)36-13-32-24(34)19-11-29-15(3)8-17(19)18-9-20(22(26)27)30-12-21(18)35-5/h8-12,14,22H,4,13H2,1-3,5H3,(H,32,34). The zero-order chi connectivity index (χ0) is 26.2. The highest BCUT2D eigenvalue weighted by Gasteiger charge is 2.20. The third kappa shape index (κ3) is 6.60. The van der Waals surface area contributed by atoms with E-state index in [-0.39, 0.29) is 23.1 Å². The maximum absolute atomic E-state index is 13.3. The van der Waals surface area contributed by atoms with Gasteiger partial charge in [-0.1, -0.05) is 31.5 Å². The summed E-state index contributed by atoms with van der Waals surface area (Å²) in [6, 6.07) is 2.85. The fraction of sp³-hybridized carbons (Fsp3) is 0.280. The third-order valence-corrected chi connectivity index (χ3v) is 5.55. The lowest BCUT2D eigenvalue weighted by Crippen LogP contribution is -2.24. The van der Waals surface area contributed by atoms with Crippen LogP contribution < -0.4 is 10.1 Å². The van der Waals surface area contributed by atoms with E-state index in [4.69, 9.17) is 4.74 Å². The van der Waals surface area contributed by atoms with Crippen LogP contribution in [0.25, 0.3) is 11.1 Å². The van der Waals surface area contributed by atoms with Crippen LogP contribution in [0.5, 0.6) is 5.75 Å². The molecule has 0 aromatic carbocycles. The minimum Gasteiger partial charge on any atom is -0.494 e. The third-order valence-electron chi connectivity index (χ3n) is 4.71. The number of hydrogen-bond donors (Lipinski definition) is 1. The Morgan fingerprint density at radius 3 is 2.64 bits per heavy atom. The van der Waals surface area contributed by atoms with Gasteiger partial charge in [-0.25, -0.2) is 23.7 Å². The number of ether oxygens (including phenoxy) is 1. The largest absolute Gasteiger partial charge is 0.494 e. The fourth-order valence-corrected chi connectivity index (χ4v) is 3.78. The van der Waals surface area contributed by atoms with Crippen molar-refractivity contribution in [2.75, 3.05) is 13.0 Å². The first-order valence-electron chi connectivity index (χ1n) is 10.8. The van der Waals surface area contributed by atoms with Crippen molar-refractivity contribution in [3.05, 3.63) is 53.4 Å². The number of pyridine rings is 2. The van der Waals surface area contributed by atoms with Crippen LogP contribution in [-0.2, 0) is 0 Å². The Morgan fingerprint density at radius 2 is 1.97 bits per heavy atom. The van der Waals surface area contributed by atoms with E-state index >= 15 is 0 Å². The molecule has 11 heteroatoms. The van der Waals surface area contributed by atoms with Gasteiger partial charge >= 0.3 is 0 Å². The Hall–Kier alpha value is -3.91. The molecule has 0 fully saturated rings. The number of aliphatic imine (C=N–C) groups is 1. The molecule has 8 nitrogen and oxygen atoms in total. The number of alkyl halides is 2. The van der Waals surface area contributed by atoms with Crippen molar-refractivity contribution in [3.8, 4) is 28.7 Å². The van der Waals surface area contributed by atoms with E-state index in [1.807, 2.05) is 13.8 Å². The second-order valence-electron chi connectivity index (χ2n) is 7.74. The fourth-order valence-electron chi connectivity index (χ4n) is 3.03. The first kappa shape index (κ1) is 26.7. The van der Waals surface area contributed by atoms with Gasteiger partial charge in [0.2, 0.25) is 0 Å². The predicted molar refractivity (Wildman–Crippen MR) is 135 cm³/mol. The van der Waals surface area contributed by atoms with Crippen LogP contribution in [0.4, 0.5) is 14.6 Å². The van der Waals surface area contributed by atoms with Gasteiger partial charge in [0, 0.05) is 28.9 Å². The second-order valence-corrected chi connectivity index (χ2v) is 8.71. The average molecular weight is 511 g/mol. The molecule has 3 heterocycles. The molecule has 0 bridgehead atoms. The van der Waals surface area contributed by atoms with E-state index in [0.29, 0.717) is 33.4 Å². The smallest absolute Gasteiger partial charge is 0.280 e. The van der Waals surface area contributed by atoms with Gasteiger partial charge in [0.1, 0.15) is 22.2 Å². The van der Waals surface area contributed by atoms with E-state index in [1.54, 1.807) is 13.0 Å². The van der Waals surface area contributed by atoms with Crippen molar-refractivity contribution >= 4 is 30.2 Å². The van der Waals surface area contributed by atoms with Gasteiger partial charge in [-0.15, -0.1) is 0 Å². The molecule has 0 radical (unpaired) electrons. The normalized spacial score (nSPS) is 10.7. The molecule has 0 saturated heterocycles. The number of rotatable bonds is 8. The summed E-state index contributed by atoms with van der Waals surface area (Å²) in [5, 5.41) is 3.25. The van der Waals surface area contributed by atoms with Gasteiger partial charge in [-0.3, -0.25) is 14.8 Å². The molecule has 0 aliphatic carbocycles. The quantitative estimate of drug-likeness (QED) is 0.197. The van der Waals surface area contributed by atoms with Crippen LogP contribution in [0.3, 0.4) is 0 Å². The van der Waals surface area contributed by atoms with Crippen molar-refractivity contribution in [2.45, 2.75) is 32.2 Å². The maximum atomic E-state index is 13.3. The summed E-state index contributed by atoms with van der Waals surface area (Å²) in [6.07, 6.45) is 1.34. The SMILES string of the molecule is C=Nc1ncc(C#CC(C)C)nc1SCNC(=O)c1cnc(C)cc1-c1cc(C(F)F)ncc1OC. The Balaban J connectivity index is 1.86. The van der Waals surface area contributed by atoms with Gasteiger partial charge in [-0.05, 0) is 31.7 Å². The van der Waals surface area contributed by atoms with Gasteiger partial charge < -0.3 is 10.1 Å². The van der Waals surface area contributed by atoms with Gasteiger partial charge in [0.25, 0.3) is 12.3 Å². The van der Waals surface area contributed by atoms with Gasteiger partial charge in [-0.2, -0.15) is 0 Å². The number of carbonyl (C=O) groups excluding carboxylic acids is 1. The maximum Gasteiger partial charge on any atom is 0.280 e. The Kier molecular flexibility index (Phi) is 9.02. The number of aryl methyl sites for hydroxylation is 1. The summed E-state index contributed by atoms with van der Waals surface area (Å²) in [7, 11) is 1.40. The number of nitrogens with zero attached hydrogens (tertiary/aromatic N) is 5. The van der Waals surface area contributed by atoms with E-state index in [2.05, 4.69) is 48.8 Å². The number of nitrogens with one attached hydrogen (secondary N) is 1. The molecule has 1 N–H and O–H groups in total. The molecule has 0 aliphatic rings. The van der Waals surface area contributed by atoms with Gasteiger partial charge in [0.05, 0.1) is 30.9 Å². The highest BCUT2D eigenvalue weighted by Crippen LogP contribution is 2.35. The zero-order valence-electron chi connectivity index (χ0n) is 20.2. The van der Waals surface area contributed by atoms with Crippen LogP contribution in [-0.4, -0.2) is 45.5 Å². The van der Waals surface area contributed by atoms with Gasteiger partial charge in [0.15, 0.2) is 5.82 Å². The minimum atomic E-state index is -2.78. The highest BCUT2D eigenvalue weighted by atomic mass is 32.2. The minimum absolute atomic E-state index is 0.125. The van der Waals surface area contributed by atoms with Crippen molar-refractivity contribution < 1.29 is 18.3 Å². The number of hydrogen-bond acceptors (Lipinski definition) is 8.